The molecule has 2 heterocycles. The topological polar surface area (TPSA) is 78.3 Å². The molecule has 4 rings (SSSR count). The fourth-order valence-corrected chi connectivity index (χ4v) is 4.36. The minimum atomic E-state index is -0.731. The molecular weight excluding hydrogens is 410 g/mol. The lowest BCUT2D eigenvalue weighted by molar-refractivity contribution is -0.130. The second-order valence-corrected chi connectivity index (χ2v) is 7.64. The van der Waals surface area contributed by atoms with E-state index in [1.165, 1.54) is 11.5 Å². The minimum Gasteiger partial charge on any atom is -0.494 e. The Morgan fingerprint density at radius 2 is 1.90 bits per heavy atom. The van der Waals surface area contributed by atoms with Crippen LogP contribution < -0.4 is 5.56 Å². The van der Waals surface area contributed by atoms with Crippen LogP contribution >= 0.6 is 23.8 Å². The third kappa shape index (κ3) is 3.26. The van der Waals surface area contributed by atoms with Gasteiger partial charge in [0.05, 0.1) is 16.8 Å². The first kappa shape index (κ1) is 19.4. The lowest BCUT2D eigenvalue weighted by Crippen LogP contribution is -2.41. The van der Waals surface area contributed by atoms with Crippen LogP contribution in [0.2, 0.25) is 5.02 Å². The van der Waals surface area contributed by atoms with Gasteiger partial charge in [0.15, 0.2) is 4.77 Å². The molecule has 148 valence electrons. The van der Waals surface area contributed by atoms with Crippen molar-refractivity contribution in [3.8, 4) is 11.6 Å². The SMILES string of the molecule is CC(=O)N1CCc2ccccc2C1c1c(O)n(-c2ccccc2Cl)c(=S)[nH]c1=O. The van der Waals surface area contributed by atoms with E-state index < -0.39 is 11.6 Å². The Hall–Kier alpha value is -2.90. The highest BCUT2D eigenvalue weighted by Crippen LogP contribution is 2.38. The number of hydrogen-bond donors (Lipinski definition) is 2. The van der Waals surface area contributed by atoms with E-state index in [1.54, 1.807) is 29.2 Å². The third-order valence-corrected chi connectivity index (χ3v) is 5.78. The van der Waals surface area contributed by atoms with Gasteiger partial charge in [-0.25, -0.2) is 0 Å². The molecule has 1 aromatic heterocycles. The van der Waals surface area contributed by atoms with Gasteiger partial charge in [-0.1, -0.05) is 48.0 Å². The van der Waals surface area contributed by atoms with Gasteiger partial charge in [0, 0.05) is 13.5 Å². The van der Waals surface area contributed by atoms with Crippen LogP contribution in [0.5, 0.6) is 5.88 Å². The summed E-state index contributed by atoms with van der Waals surface area (Å²) in [5, 5.41) is 11.6. The van der Waals surface area contributed by atoms with Crippen LogP contribution in [0.3, 0.4) is 0 Å². The molecule has 8 heteroatoms. The van der Waals surface area contributed by atoms with Crippen LogP contribution in [0.4, 0.5) is 0 Å². The van der Waals surface area contributed by atoms with Gasteiger partial charge in [-0.15, -0.1) is 0 Å². The van der Waals surface area contributed by atoms with Crippen molar-refractivity contribution in [2.75, 3.05) is 6.54 Å². The Bertz CT molecular complexity index is 1230. The number of aromatic amines is 1. The number of hydrogen-bond acceptors (Lipinski definition) is 4. The van der Waals surface area contributed by atoms with Crippen molar-refractivity contribution < 1.29 is 9.90 Å². The Balaban J connectivity index is 2.04. The lowest BCUT2D eigenvalue weighted by atomic mass is 9.89. The molecule has 0 bridgehead atoms. The number of halogens is 1. The van der Waals surface area contributed by atoms with Crippen molar-refractivity contribution in [3.05, 3.63) is 85.4 Å². The van der Waals surface area contributed by atoms with Crippen LogP contribution in [0.1, 0.15) is 29.7 Å². The first-order valence-corrected chi connectivity index (χ1v) is 9.87. The summed E-state index contributed by atoms with van der Waals surface area (Å²) in [5.74, 6) is -0.519. The number of aromatic hydroxyl groups is 1. The smallest absolute Gasteiger partial charge is 0.261 e. The fraction of sp³-hybridized carbons (Fsp3) is 0.190. The van der Waals surface area contributed by atoms with Gasteiger partial charge in [-0.05, 0) is 41.9 Å². The molecule has 6 nitrogen and oxygen atoms in total. The molecule has 2 aromatic carbocycles. The van der Waals surface area contributed by atoms with E-state index in [1.807, 2.05) is 24.3 Å². The monoisotopic (exact) mass is 427 g/mol. The maximum Gasteiger partial charge on any atom is 0.261 e. The molecule has 2 N–H and O–H groups in total. The predicted molar refractivity (Wildman–Crippen MR) is 113 cm³/mol. The maximum atomic E-state index is 12.9. The van der Waals surface area contributed by atoms with Gasteiger partial charge >= 0.3 is 0 Å². The highest BCUT2D eigenvalue weighted by atomic mass is 35.5. The van der Waals surface area contributed by atoms with E-state index >= 15 is 0 Å². The minimum absolute atomic E-state index is 0.0165. The van der Waals surface area contributed by atoms with Crippen molar-refractivity contribution in [3.63, 3.8) is 0 Å². The molecule has 3 aromatic rings. The van der Waals surface area contributed by atoms with Crippen molar-refractivity contribution in [1.29, 1.82) is 0 Å². The average molecular weight is 428 g/mol. The van der Waals surface area contributed by atoms with E-state index in [2.05, 4.69) is 4.98 Å². The number of benzene rings is 2. The molecular formula is C21H18ClN3O3S. The summed E-state index contributed by atoms with van der Waals surface area (Å²) in [5.41, 5.74) is 1.79. The van der Waals surface area contributed by atoms with Crippen LogP contribution in [0, 0.1) is 4.77 Å². The number of nitrogens with one attached hydrogen (secondary N) is 1. The number of rotatable bonds is 2. The lowest BCUT2D eigenvalue weighted by Gasteiger charge is -2.37. The van der Waals surface area contributed by atoms with E-state index in [0.717, 1.165) is 11.1 Å². The van der Waals surface area contributed by atoms with E-state index in [4.69, 9.17) is 23.8 Å². The number of nitrogens with zero attached hydrogens (tertiary/aromatic N) is 2. The standard InChI is InChI=1S/C21H18ClN3O3S/c1-12(26)24-11-10-13-6-2-3-7-14(13)18(24)17-19(27)23-21(29)25(20(17)28)16-9-5-4-8-15(16)22/h2-9,18,28H,10-11H2,1H3,(H,23,27,29). The molecule has 0 spiro atoms. The summed E-state index contributed by atoms with van der Waals surface area (Å²) in [6, 6.07) is 13.7. The number of fused-ring (bicyclic) bond motifs is 1. The van der Waals surface area contributed by atoms with Crippen LogP contribution in [-0.2, 0) is 11.2 Å². The molecule has 1 atom stereocenters. The molecule has 1 unspecified atom stereocenters. The zero-order valence-electron chi connectivity index (χ0n) is 15.6. The Morgan fingerprint density at radius 3 is 2.62 bits per heavy atom. The largest absolute Gasteiger partial charge is 0.494 e. The number of carbonyl (C=O) groups excluding carboxylic acids is 1. The molecule has 0 aliphatic carbocycles. The summed E-state index contributed by atoms with van der Waals surface area (Å²) in [4.78, 5) is 29.5. The first-order chi connectivity index (χ1) is 13.9. The molecule has 1 aliphatic heterocycles. The average Bonchev–Trinajstić information content (AvgIpc) is 2.69. The molecule has 0 radical (unpaired) electrons. The van der Waals surface area contributed by atoms with Crippen LogP contribution in [-0.4, -0.2) is 32.0 Å². The van der Waals surface area contributed by atoms with Gasteiger partial charge in [-0.3, -0.25) is 19.1 Å². The highest BCUT2D eigenvalue weighted by Gasteiger charge is 2.35. The number of carbonyl (C=O) groups is 1. The summed E-state index contributed by atoms with van der Waals surface area (Å²) in [7, 11) is 0. The molecule has 1 aliphatic rings. The van der Waals surface area contributed by atoms with E-state index in [0.29, 0.717) is 23.7 Å². The van der Waals surface area contributed by atoms with Crippen molar-refractivity contribution in [2.45, 2.75) is 19.4 Å². The molecule has 0 saturated carbocycles. The Labute approximate surface area is 177 Å². The van der Waals surface area contributed by atoms with Gasteiger partial charge in [0.1, 0.15) is 5.56 Å². The van der Waals surface area contributed by atoms with Gasteiger partial charge < -0.3 is 10.0 Å². The molecule has 29 heavy (non-hydrogen) atoms. The van der Waals surface area contributed by atoms with Gasteiger partial charge in [0.25, 0.3) is 5.56 Å². The van der Waals surface area contributed by atoms with Gasteiger partial charge in [-0.2, -0.15) is 0 Å². The van der Waals surface area contributed by atoms with Gasteiger partial charge in [0.2, 0.25) is 11.8 Å². The zero-order valence-corrected chi connectivity index (χ0v) is 17.1. The maximum absolute atomic E-state index is 12.9. The summed E-state index contributed by atoms with van der Waals surface area (Å²) in [6.07, 6.45) is 0.675. The number of amides is 1. The Kier molecular flexibility index (Phi) is 5.02. The summed E-state index contributed by atoms with van der Waals surface area (Å²) in [6.45, 7) is 1.90. The van der Waals surface area contributed by atoms with E-state index in [9.17, 15) is 14.7 Å². The normalized spacial score (nSPS) is 15.8. The number of H-pyrrole nitrogens is 1. The number of aromatic nitrogens is 2. The molecule has 0 fully saturated rings. The predicted octanol–water partition coefficient (Wildman–Crippen LogP) is 3.75. The first-order valence-electron chi connectivity index (χ1n) is 9.08. The van der Waals surface area contributed by atoms with E-state index in [-0.39, 0.29) is 22.1 Å². The second-order valence-electron chi connectivity index (χ2n) is 6.85. The highest BCUT2D eigenvalue weighted by molar-refractivity contribution is 7.71. The molecule has 1 amide bonds. The van der Waals surface area contributed by atoms with Crippen molar-refractivity contribution >= 4 is 29.7 Å². The fourth-order valence-electron chi connectivity index (χ4n) is 3.86. The third-order valence-electron chi connectivity index (χ3n) is 5.18. The van der Waals surface area contributed by atoms with Crippen molar-refractivity contribution in [2.24, 2.45) is 0 Å². The molecule has 0 saturated heterocycles. The van der Waals surface area contributed by atoms with Crippen molar-refractivity contribution in [1.82, 2.24) is 14.5 Å². The number of para-hydroxylation sites is 1. The summed E-state index contributed by atoms with van der Waals surface area (Å²) >= 11 is 11.6. The Morgan fingerprint density at radius 1 is 1.21 bits per heavy atom. The quantitative estimate of drug-likeness (QED) is 0.610. The van der Waals surface area contributed by atoms with Crippen LogP contribution in [0.15, 0.2) is 53.3 Å². The zero-order chi connectivity index (χ0) is 20.7. The van der Waals surface area contributed by atoms with Crippen LogP contribution in [0.25, 0.3) is 5.69 Å². The summed E-state index contributed by atoms with van der Waals surface area (Å²) < 4.78 is 1.34. The second kappa shape index (κ2) is 7.50.